The maximum Gasteiger partial charge on any atom is 0.247 e. The fourth-order valence-electron chi connectivity index (χ4n) is 3.05. The molecule has 176 valence electrons. The second-order valence-corrected chi connectivity index (χ2v) is 8.01. The van der Waals surface area contributed by atoms with Gasteiger partial charge in [0, 0.05) is 33.4 Å². The molecule has 1 aromatic heterocycles. The number of benzene rings is 1. The molecule has 0 aliphatic heterocycles. The molecule has 0 fully saturated rings. The zero-order valence-corrected chi connectivity index (χ0v) is 20.5. The molecule has 2 aromatic rings. The number of thiophene rings is 1. The molecule has 1 aromatic carbocycles. The highest BCUT2D eigenvalue weighted by molar-refractivity contribution is 7.20. The number of hydrogen-bond donors (Lipinski definition) is 0. The Hall–Kier alpha value is -3.02. The van der Waals surface area contributed by atoms with Gasteiger partial charge in [0.25, 0.3) is 0 Å². The minimum absolute atomic E-state index is 0.384. The lowest BCUT2D eigenvalue weighted by molar-refractivity contribution is 0.0735. The Balaban J connectivity index is 2.31. The predicted molar refractivity (Wildman–Crippen MR) is 129 cm³/mol. The Morgan fingerprint density at radius 3 is 2.42 bits per heavy atom. The Bertz CT molecular complexity index is 1040. The number of hydrogen-bond acceptors (Lipinski definition) is 9. The van der Waals surface area contributed by atoms with Crippen LogP contribution in [-0.4, -0.2) is 60.8 Å². The van der Waals surface area contributed by atoms with Crippen molar-refractivity contribution in [2.45, 2.75) is 13.8 Å². The largest absolute Gasteiger partial charge is 0.495 e. The number of anilines is 1. The van der Waals surface area contributed by atoms with Crippen LogP contribution in [0.5, 0.6) is 5.75 Å². The van der Waals surface area contributed by atoms with E-state index < -0.39 is 0 Å². The SMILES string of the molecule is [C-]#[N+]c1sc(N=Nc2cc(OC)c(N(CCOC)CCOCCOC)cc2C)c(C#N)c1C. The molecule has 2 rings (SSSR count). The van der Waals surface area contributed by atoms with E-state index in [1.54, 1.807) is 28.3 Å². The van der Waals surface area contributed by atoms with E-state index in [9.17, 15) is 5.26 Å². The molecule has 0 atom stereocenters. The smallest absolute Gasteiger partial charge is 0.247 e. The number of nitrogens with zero attached hydrogens (tertiary/aromatic N) is 5. The molecule has 0 saturated heterocycles. The van der Waals surface area contributed by atoms with Crippen molar-refractivity contribution in [3.8, 4) is 11.8 Å². The summed E-state index contributed by atoms with van der Waals surface area (Å²) in [6.07, 6.45) is 0. The first-order chi connectivity index (χ1) is 16.0. The van der Waals surface area contributed by atoms with Crippen LogP contribution in [0.3, 0.4) is 0 Å². The highest BCUT2D eigenvalue weighted by atomic mass is 32.1. The quantitative estimate of drug-likeness (QED) is 0.223. The van der Waals surface area contributed by atoms with E-state index in [1.807, 2.05) is 19.1 Å². The lowest BCUT2D eigenvalue weighted by atomic mass is 10.1. The molecule has 0 aliphatic rings. The summed E-state index contributed by atoms with van der Waals surface area (Å²) in [5, 5.41) is 18.9. The molecule has 33 heavy (non-hydrogen) atoms. The standard InChI is InChI=1S/C23H29N5O4S/c1-16-13-20(28(7-9-29-4)8-10-32-12-11-30-5)21(31-6)14-19(16)26-27-23-18(15-24)17(2)22(25-3)33-23/h13-14H,7-12H2,1-2,4-6H3. The lowest BCUT2D eigenvalue weighted by Crippen LogP contribution is -2.31. The van der Waals surface area contributed by atoms with Gasteiger partial charge in [-0.1, -0.05) is 0 Å². The summed E-state index contributed by atoms with van der Waals surface area (Å²) < 4.78 is 21.6. The van der Waals surface area contributed by atoms with Crippen LogP contribution in [-0.2, 0) is 14.2 Å². The highest BCUT2D eigenvalue weighted by Gasteiger charge is 2.17. The minimum Gasteiger partial charge on any atom is -0.495 e. The van der Waals surface area contributed by atoms with Crippen molar-refractivity contribution in [2.75, 3.05) is 65.7 Å². The fraction of sp³-hybridized carbons (Fsp3) is 0.478. The number of rotatable bonds is 13. The molecule has 0 spiro atoms. The summed E-state index contributed by atoms with van der Waals surface area (Å²) >= 11 is 1.16. The van der Waals surface area contributed by atoms with Crippen LogP contribution in [0.25, 0.3) is 4.85 Å². The molecule has 9 nitrogen and oxygen atoms in total. The van der Waals surface area contributed by atoms with Crippen molar-refractivity contribution in [3.05, 3.63) is 40.2 Å². The molecule has 0 N–H and O–H groups in total. The molecule has 0 aliphatic carbocycles. The van der Waals surface area contributed by atoms with Crippen LogP contribution < -0.4 is 9.64 Å². The van der Waals surface area contributed by atoms with Gasteiger partial charge in [-0.05, 0) is 31.0 Å². The van der Waals surface area contributed by atoms with E-state index in [1.165, 1.54) is 0 Å². The van der Waals surface area contributed by atoms with E-state index in [-0.39, 0.29) is 0 Å². The first-order valence-corrected chi connectivity index (χ1v) is 11.1. The summed E-state index contributed by atoms with van der Waals surface area (Å²) in [6, 6.07) is 5.93. The first-order valence-electron chi connectivity index (χ1n) is 10.3. The predicted octanol–water partition coefficient (Wildman–Crippen LogP) is 5.33. The maximum absolute atomic E-state index is 9.43. The second-order valence-electron chi connectivity index (χ2n) is 7.03. The lowest BCUT2D eigenvalue weighted by Gasteiger charge is -2.27. The van der Waals surface area contributed by atoms with Crippen molar-refractivity contribution >= 4 is 32.7 Å². The van der Waals surface area contributed by atoms with Gasteiger partial charge in [-0.2, -0.15) is 5.26 Å². The Morgan fingerprint density at radius 2 is 1.79 bits per heavy atom. The van der Waals surface area contributed by atoms with Gasteiger partial charge in [-0.3, -0.25) is 0 Å². The summed E-state index contributed by atoms with van der Waals surface area (Å²) in [5.41, 5.74) is 3.45. The first kappa shape index (κ1) is 26.2. The van der Waals surface area contributed by atoms with Gasteiger partial charge in [-0.25, -0.2) is 4.85 Å². The number of azo groups is 1. The third-order valence-electron chi connectivity index (χ3n) is 4.91. The number of aryl methyl sites for hydroxylation is 1. The van der Waals surface area contributed by atoms with Crippen LogP contribution in [0.1, 0.15) is 16.7 Å². The topological polar surface area (TPSA) is 93.0 Å². The molecular weight excluding hydrogens is 442 g/mol. The minimum atomic E-state index is 0.384. The molecule has 0 amide bonds. The summed E-state index contributed by atoms with van der Waals surface area (Å²) in [7, 11) is 4.92. The van der Waals surface area contributed by atoms with Gasteiger partial charge in [-0.15, -0.1) is 21.6 Å². The molecule has 0 bridgehead atoms. The number of ether oxygens (including phenoxy) is 4. The molecule has 0 radical (unpaired) electrons. The van der Waals surface area contributed by atoms with E-state index in [4.69, 9.17) is 25.5 Å². The summed E-state index contributed by atoms with van der Waals surface area (Å²) in [4.78, 5) is 5.60. The van der Waals surface area contributed by atoms with Gasteiger partial charge in [0.05, 0.1) is 57.0 Å². The number of methoxy groups -OCH3 is 3. The second kappa shape index (κ2) is 13.5. The summed E-state index contributed by atoms with van der Waals surface area (Å²) in [6.45, 7) is 14.4. The summed E-state index contributed by atoms with van der Waals surface area (Å²) in [5.74, 6) is 0.646. The van der Waals surface area contributed by atoms with E-state index >= 15 is 0 Å². The third kappa shape index (κ3) is 6.98. The third-order valence-corrected chi connectivity index (χ3v) is 5.98. The average Bonchev–Trinajstić information content (AvgIpc) is 3.14. The van der Waals surface area contributed by atoms with Gasteiger partial charge in [0.2, 0.25) is 5.00 Å². The molecule has 0 saturated carbocycles. The van der Waals surface area contributed by atoms with E-state index in [0.29, 0.717) is 72.1 Å². The fourth-order valence-corrected chi connectivity index (χ4v) is 3.91. The molecular formula is C23H29N5O4S. The van der Waals surface area contributed by atoms with Crippen LogP contribution in [0.2, 0.25) is 0 Å². The zero-order chi connectivity index (χ0) is 24.2. The van der Waals surface area contributed by atoms with Crippen molar-refractivity contribution < 1.29 is 18.9 Å². The van der Waals surface area contributed by atoms with Crippen molar-refractivity contribution in [1.82, 2.24) is 0 Å². The van der Waals surface area contributed by atoms with Crippen molar-refractivity contribution in [2.24, 2.45) is 10.2 Å². The normalized spacial score (nSPS) is 10.9. The number of nitriles is 1. The Labute approximate surface area is 199 Å². The van der Waals surface area contributed by atoms with Crippen LogP contribution in [0.4, 0.5) is 21.4 Å². The van der Waals surface area contributed by atoms with Crippen molar-refractivity contribution in [3.63, 3.8) is 0 Å². The average molecular weight is 472 g/mol. The molecule has 10 heteroatoms. The zero-order valence-electron chi connectivity index (χ0n) is 19.7. The Morgan fingerprint density at radius 1 is 1.06 bits per heavy atom. The van der Waals surface area contributed by atoms with Gasteiger partial charge >= 0.3 is 0 Å². The van der Waals surface area contributed by atoms with Crippen LogP contribution >= 0.6 is 11.3 Å². The van der Waals surface area contributed by atoms with Crippen LogP contribution in [0.15, 0.2) is 22.4 Å². The van der Waals surface area contributed by atoms with Gasteiger partial charge < -0.3 is 23.8 Å². The van der Waals surface area contributed by atoms with Crippen LogP contribution in [0, 0.1) is 31.8 Å². The highest BCUT2D eigenvalue weighted by Crippen LogP contribution is 2.42. The monoisotopic (exact) mass is 471 g/mol. The van der Waals surface area contributed by atoms with Gasteiger partial charge in [0.1, 0.15) is 16.8 Å². The molecule has 0 unspecified atom stereocenters. The molecule has 1 heterocycles. The Kier molecular flexibility index (Phi) is 10.7. The van der Waals surface area contributed by atoms with Crippen molar-refractivity contribution in [1.29, 1.82) is 5.26 Å². The van der Waals surface area contributed by atoms with E-state index in [2.05, 4.69) is 26.0 Å². The van der Waals surface area contributed by atoms with Gasteiger partial charge in [0.15, 0.2) is 0 Å². The van der Waals surface area contributed by atoms with E-state index in [0.717, 1.165) is 22.6 Å². The maximum atomic E-state index is 9.43.